The number of hydrogen-bond donors (Lipinski definition) is 2. The third kappa shape index (κ3) is 3.97. The van der Waals surface area contributed by atoms with Crippen molar-refractivity contribution in [3.05, 3.63) is 89.9 Å². The Balaban J connectivity index is 1.36. The molecule has 2 aromatic carbocycles. The van der Waals surface area contributed by atoms with E-state index in [1.807, 2.05) is 31.2 Å². The van der Waals surface area contributed by atoms with Gasteiger partial charge in [0.25, 0.3) is 5.91 Å². The Morgan fingerprint density at radius 2 is 1.91 bits per heavy atom. The molecule has 0 saturated carbocycles. The molecule has 9 nitrogen and oxygen atoms in total. The van der Waals surface area contributed by atoms with Crippen molar-refractivity contribution >= 4 is 23.1 Å². The fraction of sp³-hybridized carbons (Fsp3) is 0.154. The third-order valence-electron chi connectivity index (χ3n) is 6.01. The zero-order chi connectivity index (χ0) is 23.8. The van der Waals surface area contributed by atoms with E-state index in [4.69, 9.17) is 9.72 Å². The van der Waals surface area contributed by atoms with E-state index in [-0.39, 0.29) is 11.6 Å². The Kier molecular flexibility index (Phi) is 5.14. The van der Waals surface area contributed by atoms with Gasteiger partial charge in [0.2, 0.25) is 0 Å². The second-order valence-corrected chi connectivity index (χ2v) is 8.33. The lowest BCUT2D eigenvalue weighted by Gasteiger charge is -2.17. The summed E-state index contributed by atoms with van der Waals surface area (Å²) in [6.45, 7) is 4.03. The van der Waals surface area contributed by atoms with Crippen molar-refractivity contribution in [3.8, 4) is 17.0 Å². The predicted molar refractivity (Wildman–Crippen MR) is 132 cm³/mol. The van der Waals surface area contributed by atoms with Gasteiger partial charge >= 0.3 is 0 Å². The molecule has 0 bridgehead atoms. The Morgan fingerprint density at radius 3 is 2.66 bits per heavy atom. The summed E-state index contributed by atoms with van der Waals surface area (Å²) in [6, 6.07) is 19.4. The van der Waals surface area contributed by atoms with Crippen LogP contribution in [0.4, 0.5) is 11.5 Å². The molecule has 0 aliphatic carbocycles. The molecule has 9 heteroatoms. The monoisotopic (exact) mass is 465 g/mol. The molecular weight excluding hydrogens is 442 g/mol. The molecule has 4 heterocycles. The van der Waals surface area contributed by atoms with Crippen LogP contribution < -0.4 is 15.0 Å². The van der Waals surface area contributed by atoms with Crippen molar-refractivity contribution in [2.75, 3.05) is 16.8 Å². The van der Waals surface area contributed by atoms with Gasteiger partial charge in [-0.25, -0.2) is 9.50 Å². The molecule has 5 aromatic rings. The summed E-state index contributed by atoms with van der Waals surface area (Å²) < 4.78 is 7.21. The van der Waals surface area contributed by atoms with E-state index in [1.165, 1.54) is 11.1 Å². The highest BCUT2D eigenvalue weighted by atomic mass is 16.5. The summed E-state index contributed by atoms with van der Waals surface area (Å²) in [4.78, 5) is 20.1. The first-order valence-electron chi connectivity index (χ1n) is 11.4. The van der Waals surface area contributed by atoms with Crippen LogP contribution in [0.5, 0.6) is 5.75 Å². The number of hydrogen-bond acceptors (Lipinski definition) is 6. The Bertz CT molecular complexity index is 1500. The molecule has 174 valence electrons. The quantitative estimate of drug-likeness (QED) is 0.388. The zero-order valence-corrected chi connectivity index (χ0v) is 19.1. The van der Waals surface area contributed by atoms with Crippen LogP contribution >= 0.6 is 0 Å². The lowest BCUT2D eigenvalue weighted by Crippen LogP contribution is -2.17. The topological polar surface area (TPSA) is 100 Å². The average Bonchev–Trinajstić information content (AvgIpc) is 3.63. The number of carbonyl (C=O) groups excluding carboxylic acids is 1. The van der Waals surface area contributed by atoms with Crippen LogP contribution in [-0.4, -0.2) is 37.3 Å². The molecule has 0 radical (unpaired) electrons. The van der Waals surface area contributed by atoms with Crippen LogP contribution in [0.2, 0.25) is 0 Å². The number of benzene rings is 2. The number of nitrogens with one attached hydrogen (secondary N) is 2. The van der Waals surface area contributed by atoms with Crippen LogP contribution in [0.1, 0.15) is 28.5 Å². The lowest BCUT2D eigenvalue weighted by molar-refractivity contribution is 0.102. The second-order valence-electron chi connectivity index (χ2n) is 8.33. The van der Waals surface area contributed by atoms with Crippen LogP contribution in [-0.2, 0) is 13.1 Å². The molecule has 1 aliphatic rings. The normalized spacial score (nSPS) is 12.7. The summed E-state index contributed by atoms with van der Waals surface area (Å²) in [6.07, 6.45) is 3.54. The van der Waals surface area contributed by atoms with E-state index in [1.54, 1.807) is 29.0 Å². The number of amides is 1. The molecule has 0 spiro atoms. The number of aromatic amines is 1. The van der Waals surface area contributed by atoms with Crippen molar-refractivity contribution in [2.45, 2.75) is 20.0 Å². The number of anilines is 2. The van der Waals surface area contributed by atoms with E-state index in [0.717, 1.165) is 30.2 Å². The molecule has 0 fully saturated rings. The van der Waals surface area contributed by atoms with E-state index >= 15 is 0 Å². The molecule has 2 N–H and O–H groups in total. The lowest BCUT2D eigenvalue weighted by atomic mass is 10.1. The highest BCUT2D eigenvalue weighted by Crippen LogP contribution is 2.30. The second kappa shape index (κ2) is 8.60. The number of nitrogens with zero attached hydrogens (tertiary/aromatic N) is 5. The molecule has 3 aromatic heterocycles. The van der Waals surface area contributed by atoms with Gasteiger partial charge in [0, 0.05) is 48.7 Å². The van der Waals surface area contributed by atoms with Gasteiger partial charge in [-0.1, -0.05) is 30.3 Å². The highest BCUT2D eigenvalue weighted by Gasteiger charge is 2.23. The van der Waals surface area contributed by atoms with Crippen molar-refractivity contribution in [1.29, 1.82) is 0 Å². The predicted octanol–water partition coefficient (Wildman–Crippen LogP) is 4.29. The fourth-order valence-corrected chi connectivity index (χ4v) is 4.35. The summed E-state index contributed by atoms with van der Waals surface area (Å²) >= 11 is 0. The number of carbonyl (C=O) groups is 1. The fourth-order valence-electron chi connectivity index (χ4n) is 4.35. The Hall–Kier alpha value is -4.66. The van der Waals surface area contributed by atoms with Crippen LogP contribution in [0.15, 0.2) is 73.1 Å². The zero-order valence-electron chi connectivity index (χ0n) is 19.1. The first-order valence-corrected chi connectivity index (χ1v) is 11.4. The third-order valence-corrected chi connectivity index (χ3v) is 6.01. The molecule has 6 rings (SSSR count). The van der Waals surface area contributed by atoms with Gasteiger partial charge < -0.3 is 15.0 Å². The Labute approximate surface area is 201 Å². The van der Waals surface area contributed by atoms with Crippen LogP contribution in [0.25, 0.3) is 16.9 Å². The minimum atomic E-state index is -0.322. The van der Waals surface area contributed by atoms with Crippen molar-refractivity contribution in [2.24, 2.45) is 0 Å². The molecule has 1 aliphatic heterocycles. The van der Waals surface area contributed by atoms with E-state index < -0.39 is 0 Å². The van der Waals surface area contributed by atoms with E-state index in [0.29, 0.717) is 23.7 Å². The average molecular weight is 466 g/mol. The molecule has 35 heavy (non-hydrogen) atoms. The van der Waals surface area contributed by atoms with Crippen molar-refractivity contribution in [3.63, 3.8) is 0 Å². The number of ether oxygens (including phenoxy) is 1. The van der Waals surface area contributed by atoms with Crippen LogP contribution in [0, 0.1) is 0 Å². The maximum atomic E-state index is 13.1. The minimum absolute atomic E-state index is 0.269. The number of aromatic nitrogens is 5. The maximum absolute atomic E-state index is 13.1. The van der Waals surface area contributed by atoms with E-state index in [9.17, 15) is 4.79 Å². The molecule has 0 saturated heterocycles. The van der Waals surface area contributed by atoms with Gasteiger partial charge in [0.1, 0.15) is 11.6 Å². The summed E-state index contributed by atoms with van der Waals surface area (Å²) in [5.74, 6) is 1.19. The van der Waals surface area contributed by atoms with E-state index in [2.05, 4.69) is 49.8 Å². The molecular formula is C26H23N7O2. The number of rotatable bonds is 6. The largest absolute Gasteiger partial charge is 0.494 e. The first-order chi connectivity index (χ1) is 17.2. The first kappa shape index (κ1) is 20.9. The molecule has 1 amide bonds. The SMILES string of the molecule is CCOc1cccc(NC(=O)c2cc3nc(N4Cc5ccccc5C4)cc(-c4cn[nH]c4)n3n2)c1. The number of fused-ring (bicyclic) bond motifs is 2. The van der Waals surface area contributed by atoms with Crippen LogP contribution in [0.3, 0.4) is 0 Å². The van der Waals surface area contributed by atoms with Gasteiger partial charge in [-0.05, 0) is 30.2 Å². The summed E-state index contributed by atoms with van der Waals surface area (Å²) in [7, 11) is 0. The van der Waals surface area contributed by atoms with Crippen molar-refractivity contribution < 1.29 is 9.53 Å². The highest BCUT2D eigenvalue weighted by molar-refractivity contribution is 6.03. The van der Waals surface area contributed by atoms with Gasteiger partial charge in [-0.2, -0.15) is 10.2 Å². The summed E-state index contributed by atoms with van der Waals surface area (Å²) in [5, 5.41) is 14.4. The smallest absolute Gasteiger partial charge is 0.276 e. The Morgan fingerprint density at radius 1 is 1.09 bits per heavy atom. The maximum Gasteiger partial charge on any atom is 0.276 e. The van der Waals surface area contributed by atoms with Gasteiger partial charge in [0.05, 0.1) is 18.5 Å². The van der Waals surface area contributed by atoms with Gasteiger partial charge in [-0.3, -0.25) is 9.89 Å². The summed E-state index contributed by atoms with van der Waals surface area (Å²) in [5.41, 5.74) is 5.73. The van der Waals surface area contributed by atoms with Gasteiger partial charge in [-0.15, -0.1) is 0 Å². The minimum Gasteiger partial charge on any atom is -0.494 e. The molecule has 0 unspecified atom stereocenters. The standard InChI is InChI=1S/C26H23N7O2/c1-2-35-21-9-5-8-20(10-21)29-26(34)22-11-25-30-24(32-15-17-6-3-4-7-18(17)16-32)12-23(33(25)31-22)19-13-27-28-14-19/h3-14H,2,15-16H2,1H3,(H,27,28)(H,29,34). The van der Waals surface area contributed by atoms with Gasteiger partial charge in [0.15, 0.2) is 11.3 Å². The molecule has 0 atom stereocenters. The number of H-pyrrole nitrogens is 1. The van der Waals surface area contributed by atoms with Crippen molar-refractivity contribution in [1.82, 2.24) is 24.8 Å².